The normalized spacial score (nSPS) is 22.4. The standard InChI is InChI=1S/C17H25NO/c1-4-16-7-6-15(11-17(16)5-1)13-19-10-8-14-3-2-9-18-12-14/h6-7,11,14,18H,1-5,8-10,12-13H2. The molecule has 2 aliphatic rings. The molecule has 1 aromatic carbocycles. The van der Waals surface area contributed by atoms with Crippen molar-refractivity contribution in [1.29, 1.82) is 0 Å². The predicted octanol–water partition coefficient (Wildman–Crippen LogP) is 3.08. The molecule has 0 saturated carbocycles. The number of nitrogens with one attached hydrogen (secondary N) is 1. The largest absolute Gasteiger partial charge is 0.377 e. The van der Waals surface area contributed by atoms with Crippen LogP contribution in [-0.2, 0) is 24.2 Å². The Balaban J connectivity index is 1.40. The molecule has 1 saturated heterocycles. The van der Waals surface area contributed by atoms with Crippen LogP contribution in [-0.4, -0.2) is 19.7 Å². The molecule has 0 amide bonds. The van der Waals surface area contributed by atoms with Crippen molar-refractivity contribution in [3.8, 4) is 0 Å². The summed E-state index contributed by atoms with van der Waals surface area (Å²) in [7, 11) is 0. The Morgan fingerprint density at radius 1 is 1.16 bits per heavy atom. The van der Waals surface area contributed by atoms with Crippen LogP contribution in [0.4, 0.5) is 0 Å². The highest BCUT2D eigenvalue weighted by Gasteiger charge is 2.13. The molecule has 1 atom stereocenters. The van der Waals surface area contributed by atoms with Gasteiger partial charge in [0.15, 0.2) is 0 Å². The number of piperidine rings is 1. The first-order valence-electron chi connectivity index (χ1n) is 7.81. The van der Waals surface area contributed by atoms with Gasteiger partial charge in [-0.05, 0) is 74.2 Å². The molecule has 2 heteroatoms. The second-order valence-electron chi connectivity index (χ2n) is 6.01. The molecule has 19 heavy (non-hydrogen) atoms. The van der Waals surface area contributed by atoms with E-state index in [4.69, 9.17) is 4.74 Å². The van der Waals surface area contributed by atoms with Crippen LogP contribution >= 0.6 is 0 Å². The van der Waals surface area contributed by atoms with Gasteiger partial charge in [-0.3, -0.25) is 0 Å². The van der Waals surface area contributed by atoms with Crippen molar-refractivity contribution in [3.63, 3.8) is 0 Å². The Morgan fingerprint density at radius 3 is 3.00 bits per heavy atom. The van der Waals surface area contributed by atoms with Crippen LogP contribution < -0.4 is 5.32 Å². The zero-order valence-electron chi connectivity index (χ0n) is 11.8. The van der Waals surface area contributed by atoms with E-state index in [-0.39, 0.29) is 0 Å². The maximum Gasteiger partial charge on any atom is 0.0716 e. The topological polar surface area (TPSA) is 21.3 Å². The smallest absolute Gasteiger partial charge is 0.0716 e. The Bertz CT molecular complexity index is 410. The van der Waals surface area contributed by atoms with E-state index >= 15 is 0 Å². The van der Waals surface area contributed by atoms with Crippen molar-refractivity contribution in [2.24, 2.45) is 5.92 Å². The van der Waals surface area contributed by atoms with Gasteiger partial charge >= 0.3 is 0 Å². The zero-order chi connectivity index (χ0) is 12.9. The number of benzene rings is 1. The Morgan fingerprint density at radius 2 is 2.11 bits per heavy atom. The fourth-order valence-corrected chi connectivity index (χ4v) is 3.33. The third-order valence-corrected chi connectivity index (χ3v) is 4.50. The summed E-state index contributed by atoms with van der Waals surface area (Å²) < 4.78 is 5.85. The van der Waals surface area contributed by atoms with Gasteiger partial charge in [-0.15, -0.1) is 0 Å². The maximum atomic E-state index is 5.85. The van der Waals surface area contributed by atoms with Gasteiger partial charge in [-0.2, -0.15) is 0 Å². The van der Waals surface area contributed by atoms with Gasteiger partial charge in [0.25, 0.3) is 0 Å². The minimum Gasteiger partial charge on any atom is -0.377 e. The fourth-order valence-electron chi connectivity index (χ4n) is 3.33. The third kappa shape index (κ3) is 3.58. The first kappa shape index (κ1) is 13.1. The highest BCUT2D eigenvalue weighted by molar-refractivity contribution is 5.34. The maximum absolute atomic E-state index is 5.85. The highest BCUT2D eigenvalue weighted by atomic mass is 16.5. The predicted molar refractivity (Wildman–Crippen MR) is 78.3 cm³/mol. The van der Waals surface area contributed by atoms with Crippen LogP contribution in [0.2, 0.25) is 0 Å². The molecule has 1 fully saturated rings. The summed E-state index contributed by atoms with van der Waals surface area (Å²) >= 11 is 0. The van der Waals surface area contributed by atoms with Gasteiger partial charge in [0, 0.05) is 6.61 Å². The van der Waals surface area contributed by atoms with Gasteiger partial charge in [-0.25, -0.2) is 0 Å². The number of hydrogen-bond acceptors (Lipinski definition) is 2. The van der Waals surface area contributed by atoms with E-state index in [9.17, 15) is 0 Å². The van der Waals surface area contributed by atoms with Crippen molar-refractivity contribution in [3.05, 3.63) is 34.9 Å². The zero-order valence-corrected chi connectivity index (χ0v) is 11.8. The number of ether oxygens (including phenoxy) is 1. The summed E-state index contributed by atoms with van der Waals surface area (Å²) in [6.07, 6.45) is 7.76. The first-order valence-corrected chi connectivity index (χ1v) is 7.81. The summed E-state index contributed by atoms with van der Waals surface area (Å²) in [5.74, 6) is 0.828. The molecule has 1 N–H and O–H groups in total. The second-order valence-corrected chi connectivity index (χ2v) is 6.01. The van der Waals surface area contributed by atoms with Gasteiger partial charge in [-0.1, -0.05) is 18.2 Å². The lowest BCUT2D eigenvalue weighted by Crippen LogP contribution is -2.30. The summed E-state index contributed by atoms with van der Waals surface area (Å²) in [6, 6.07) is 6.89. The molecule has 0 aromatic heterocycles. The second kappa shape index (κ2) is 6.53. The Kier molecular flexibility index (Phi) is 4.52. The minimum atomic E-state index is 0.785. The van der Waals surface area contributed by atoms with Crippen molar-refractivity contribution < 1.29 is 4.74 Å². The van der Waals surface area contributed by atoms with Crippen molar-refractivity contribution in [1.82, 2.24) is 5.32 Å². The Hall–Kier alpha value is -0.860. The van der Waals surface area contributed by atoms with Crippen LogP contribution in [0.3, 0.4) is 0 Å². The molecule has 2 nitrogen and oxygen atoms in total. The van der Waals surface area contributed by atoms with Crippen molar-refractivity contribution in [2.45, 2.75) is 45.1 Å². The third-order valence-electron chi connectivity index (χ3n) is 4.50. The SMILES string of the molecule is c1cc2c(cc1COCCC1CCCNC1)CCC2. The minimum absolute atomic E-state index is 0.785. The van der Waals surface area contributed by atoms with Crippen LogP contribution in [0.1, 0.15) is 42.4 Å². The first-order chi connectivity index (χ1) is 9.42. The molecule has 1 unspecified atom stereocenters. The quantitative estimate of drug-likeness (QED) is 0.821. The van der Waals surface area contributed by atoms with E-state index in [2.05, 4.69) is 23.5 Å². The van der Waals surface area contributed by atoms with Gasteiger partial charge in [0.2, 0.25) is 0 Å². The molecule has 0 radical (unpaired) electrons. The fraction of sp³-hybridized carbons (Fsp3) is 0.647. The number of hydrogen-bond donors (Lipinski definition) is 1. The Labute approximate surface area is 116 Å². The van der Waals surface area contributed by atoms with E-state index in [1.165, 1.54) is 57.2 Å². The van der Waals surface area contributed by atoms with Gasteiger partial charge < -0.3 is 10.1 Å². The van der Waals surface area contributed by atoms with Crippen LogP contribution in [0.25, 0.3) is 0 Å². The summed E-state index contributed by atoms with van der Waals surface area (Å²) in [5.41, 5.74) is 4.46. The van der Waals surface area contributed by atoms with Crippen LogP contribution in [0.5, 0.6) is 0 Å². The molecule has 3 rings (SSSR count). The summed E-state index contributed by atoms with van der Waals surface area (Å²) in [5, 5.41) is 3.47. The van der Waals surface area contributed by atoms with Crippen molar-refractivity contribution >= 4 is 0 Å². The summed E-state index contributed by atoms with van der Waals surface area (Å²) in [4.78, 5) is 0. The molecule has 0 bridgehead atoms. The van der Waals surface area contributed by atoms with Crippen LogP contribution in [0.15, 0.2) is 18.2 Å². The average molecular weight is 259 g/mol. The molecule has 104 valence electrons. The molecule has 1 aliphatic carbocycles. The van der Waals surface area contributed by atoms with E-state index in [0.29, 0.717) is 0 Å². The van der Waals surface area contributed by atoms with Crippen LogP contribution in [0, 0.1) is 5.92 Å². The molecule has 1 aromatic rings. The number of fused-ring (bicyclic) bond motifs is 1. The molecule has 0 spiro atoms. The van der Waals surface area contributed by atoms with E-state index < -0.39 is 0 Å². The lowest BCUT2D eigenvalue weighted by Gasteiger charge is -2.22. The monoisotopic (exact) mass is 259 g/mol. The van der Waals surface area contributed by atoms with Crippen molar-refractivity contribution in [2.75, 3.05) is 19.7 Å². The molecular formula is C17H25NO. The van der Waals surface area contributed by atoms with E-state index in [1.807, 2.05) is 0 Å². The lowest BCUT2D eigenvalue weighted by molar-refractivity contribution is 0.103. The van der Waals surface area contributed by atoms with E-state index in [0.717, 1.165) is 19.1 Å². The number of rotatable bonds is 5. The average Bonchev–Trinajstić information content (AvgIpc) is 2.92. The molecule has 1 aliphatic heterocycles. The summed E-state index contributed by atoms with van der Waals surface area (Å²) in [6.45, 7) is 4.07. The molecule has 1 heterocycles. The lowest BCUT2D eigenvalue weighted by atomic mass is 9.97. The van der Waals surface area contributed by atoms with E-state index in [1.54, 1.807) is 11.1 Å². The van der Waals surface area contributed by atoms with Gasteiger partial charge in [0.05, 0.1) is 6.61 Å². The highest BCUT2D eigenvalue weighted by Crippen LogP contribution is 2.23. The number of aryl methyl sites for hydroxylation is 2. The van der Waals surface area contributed by atoms with Gasteiger partial charge in [0.1, 0.15) is 0 Å². The molecular weight excluding hydrogens is 234 g/mol.